The van der Waals surface area contributed by atoms with E-state index in [9.17, 15) is 0 Å². The summed E-state index contributed by atoms with van der Waals surface area (Å²) in [4.78, 5) is 11.5. The average molecular weight is 365 g/mol. The first kappa shape index (κ1) is 16.9. The van der Waals surface area contributed by atoms with Crippen LogP contribution in [0, 0.1) is 6.92 Å². The van der Waals surface area contributed by atoms with Crippen molar-refractivity contribution in [1.82, 2.24) is 9.97 Å². The predicted octanol–water partition coefficient (Wildman–Crippen LogP) is 4.61. The maximum atomic E-state index is 5.95. The van der Waals surface area contributed by atoms with Crippen LogP contribution in [0.1, 0.15) is 22.5 Å². The van der Waals surface area contributed by atoms with Crippen molar-refractivity contribution in [1.29, 1.82) is 0 Å². The van der Waals surface area contributed by atoms with E-state index in [4.69, 9.17) is 11.6 Å². The molecule has 2 heterocycles. The summed E-state index contributed by atoms with van der Waals surface area (Å²) in [6.07, 6.45) is 1.05. The lowest BCUT2D eigenvalue weighted by atomic mass is 10.00. The Hall–Kier alpha value is -2.59. The molecule has 3 aromatic rings. The number of benzene rings is 2. The van der Waals surface area contributed by atoms with Gasteiger partial charge in [0.25, 0.3) is 0 Å². The zero-order valence-electron chi connectivity index (χ0n) is 14.7. The largest absolute Gasteiger partial charge is 0.366 e. The molecule has 4 nitrogen and oxygen atoms in total. The summed E-state index contributed by atoms with van der Waals surface area (Å²) < 4.78 is 0. The molecule has 5 heteroatoms. The molecule has 0 unspecified atom stereocenters. The molecule has 1 aliphatic rings. The first-order valence-electron chi connectivity index (χ1n) is 8.83. The highest BCUT2D eigenvalue weighted by Gasteiger charge is 2.18. The third-order valence-corrected chi connectivity index (χ3v) is 4.92. The third-order valence-electron chi connectivity index (χ3n) is 4.67. The number of hydrogen-bond acceptors (Lipinski definition) is 4. The van der Waals surface area contributed by atoms with E-state index in [0.29, 0.717) is 6.54 Å². The standard InChI is InChI=1S/C21H21ClN4/c1-15-24-20(23-13-16-6-8-19(22)9-7-16)12-21(25-15)26-11-10-17-4-2-3-5-18(17)14-26/h2-9,12H,10-11,13-14H2,1H3,(H,23,24,25). The fraction of sp³-hybridized carbons (Fsp3) is 0.238. The van der Waals surface area contributed by atoms with E-state index in [1.54, 1.807) is 0 Å². The Morgan fingerprint density at radius 1 is 1.04 bits per heavy atom. The summed E-state index contributed by atoms with van der Waals surface area (Å²) in [6.45, 7) is 4.51. The second-order valence-electron chi connectivity index (χ2n) is 6.58. The van der Waals surface area contributed by atoms with Crippen LogP contribution in [0.2, 0.25) is 5.02 Å². The molecule has 0 aliphatic carbocycles. The third kappa shape index (κ3) is 3.81. The van der Waals surface area contributed by atoms with E-state index in [2.05, 4.69) is 44.5 Å². The quantitative estimate of drug-likeness (QED) is 0.733. The fourth-order valence-corrected chi connectivity index (χ4v) is 3.42. The predicted molar refractivity (Wildman–Crippen MR) is 107 cm³/mol. The van der Waals surface area contributed by atoms with Gasteiger partial charge in [-0.05, 0) is 42.2 Å². The van der Waals surface area contributed by atoms with Crippen LogP contribution in [0.3, 0.4) is 0 Å². The molecule has 132 valence electrons. The van der Waals surface area contributed by atoms with Gasteiger partial charge in [0.05, 0.1) is 0 Å². The van der Waals surface area contributed by atoms with Crippen molar-refractivity contribution in [2.45, 2.75) is 26.4 Å². The van der Waals surface area contributed by atoms with Crippen molar-refractivity contribution < 1.29 is 0 Å². The van der Waals surface area contributed by atoms with Crippen LogP contribution in [0.4, 0.5) is 11.6 Å². The van der Waals surface area contributed by atoms with Crippen LogP contribution >= 0.6 is 11.6 Å². The highest BCUT2D eigenvalue weighted by molar-refractivity contribution is 6.30. The number of aryl methyl sites for hydroxylation is 1. The van der Waals surface area contributed by atoms with Gasteiger partial charge in [0.2, 0.25) is 0 Å². The SMILES string of the molecule is Cc1nc(NCc2ccc(Cl)cc2)cc(N2CCc3ccccc3C2)n1. The van der Waals surface area contributed by atoms with Crippen molar-refractivity contribution in [3.05, 3.63) is 82.1 Å². The second kappa shape index (κ2) is 7.34. The molecule has 0 fully saturated rings. The van der Waals surface area contributed by atoms with Gasteiger partial charge in [-0.2, -0.15) is 0 Å². The highest BCUT2D eigenvalue weighted by Crippen LogP contribution is 2.24. The van der Waals surface area contributed by atoms with E-state index in [1.807, 2.05) is 37.3 Å². The smallest absolute Gasteiger partial charge is 0.134 e. The number of nitrogens with one attached hydrogen (secondary N) is 1. The Morgan fingerprint density at radius 2 is 1.81 bits per heavy atom. The number of aromatic nitrogens is 2. The Labute approximate surface area is 158 Å². The lowest BCUT2D eigenvalue weighted by Crippen LogP contribution is -2.31. The maximum absolute atomic E-state index is 5.95. The molecule has 0 saturated heterocycles. The van der Waals surface area contributed by atoms with Crippen LogP contribution in [0.15, 0.2) is 54.6 Å². The van der Waals surface area contributed by atoms with Crippen molar-refractivity contribution in [3.8, 4) is 0 Å². The lowest BCUT2D eigenvalue weighted by Gasteiger charge is -2.30. The maximum Gasteiger partial charge on any atom is 0.134 e. The lowest BCUT2D eigenvalue weighted by molar-refractivity contribution is 0.717. The molecule has 0 amide bonds. The number of rotatable bonds is 4. The topological polar surface area (TPSA) is 41.1 Å². The molecule has 1 aromatic heterocycles. The Kier molecular flexibility index (Phi) is 4.76. The molecule has 1 aliphatic heterocycles. The van der Waals surface area contributed by atoms with Crippen molar-refractivity contribution in [3.63, 3.8) is 0 Å². The minimum absolute atomic E-state index is 0.704. The molecule has 0 saturated carbocycles. The van der Waals surface area contributed by atoms with Gasteiger partial charge < -0.3 is 10.2 Å². The Bertz CT molecular complexity index is 908. The van der Waals surface area contributed by atoms with E-state index >= 15 is 0 Å². The molecule has 1 N–H and O–H groups in total. The van der Waals surface area contributed by atoms with Gasteiger partial charge in [0, 0.05) is 30.7 Å². The van der Waals surface area contributed by atoms with Gasteiger partial charge in [0.15, 0.2) is 0 Å². The van der Waals surface area contributed by atoms with Crippen LogP contribution in [-0.2, 0) is 19.5 Å². The molecule has 0 bridgehead atoms. The highest BCUT2D eigenvalue weighted by atomic mass is 35.5. The van der Waals surface area contributed by atoms with Gasteiger partial charge in [-0.25, -0.2) is 9.97 Å². The number of anilines is 2. The zero-order valence-corrected chi connectivity index (χ0v) is 15.5. The Balaban J connectivity index is 1.50. The zero-order chi connectivity index (χ0) is 17.9. The summed E-state index contributed by atoms with van der Waals surface area (Å²) in [7, 11) is 0. The van der Waals surface area contributed by atoms with Crippen LogP contribution in [0.25, 0.3) is 0 Å². The fourth-order valence-electron chi connectivity index (χ4n) is 3.29. The van der Waals surface area contributed by atoms with E-state index in [1.165, 1.54) is 16.7 Å². The molecular weight excluding hydrogens is 344 g/mol. The van der Waals surface area contributed by atoms with Gasteiger partial charge in [-0.3, -0.25) is 0 Å². The average Bonchev–Trinajstić information content (AvgIpc) is 2.67. The number of halogens is 1. The van der Waals surface area contributed by atoms with E-state index in [-0.39, 0.29) is 0 Å². The summed E-state index contributed by atoms with van der Waals surface area (Å²) in [6, 6.07) is 18.5. The van der Waals surface area contributed by atoms with Crippen molar-refractivity contribution >= 4 is 23.2 Å². The van der Waals surface area contributed by atoms with Gasteiger partial charge >= 0.3 is 0 Å². The molecule has 26 heavy (non-hydrogen) atoms. The summed E-state index contributed by atoms with van der Waals surface area (Å²) >= 11 is 5.95. The number of nitrogens with zero attached hydrogens (tertiary/aromatic N) is 3. The monoisotopic (exact) mass is 364 g/mol. The first-order chi connectivity index (χ1) is 12.7. The molecule has 0 spiro atoms. The molecule has 4 rings (SSSR count). The van der Waals surface area contributed by atoms with Crippen molar-refractivity contribution in [2.24, 2.45) is 0 Å². The summed E-state index contributed by atoms with van der Waals surface area (Å²) in [5.74, 6) is 2.60. The molecule has 0 atom stereocenters. The van der Waals surface area contributed by atoms with Crippen LogP contribution < -0.4 is 10.2 Å². The van der Waals surface area contributed by atoms with Crippen LogP contribution in [0.5, 0.6) is 0 Å². The summed E-state index contributed by atoms with van der Waals surface area (Å²) in [5, 5.41) is 4.15. The Morgan fingerprint density at radius 3 is 2.62 bits per heavy atom. The van der Waals surface area contributed by atoms with Crippen molar-refractivity contribution in [2.75, 3.05) is 16.8 Å². The van der Waals surface area contributed by atoms with E-state index < -0.39 is 0 Å². The normalized spacial score (nSPS) is 13.4. The first-order valence-corrected chi connectivity index (χ1v) is 9.21. The molecule has 2 aromatic carbocycles. The number of fused-ring (bicyclic) bond motifs is 1. The minimum Gasteiger partial charge on any atom is -0.366 e. The second-order valence-corrected chi connectivity index (χ2v) is 7.02. The number of hydrogen-bond donors (Lipinski definition) is 1. The van der Waals surface area contributed by atoms with Gasteiger partial charge in [0.1, 0.15) is 17.5 Å². The van der Waals surface area contributed by atoms with E-state index in [0.717, 1.165) is 42.0 Å². The van der Waals surface area contributed by atoms with Crippen LogP contribution in [-0.4, -0.2) is 16.5 Å². The minimum atomic E-state index is 0.704. The van der Waals surface area contributed by atoms with Gasteiger partial charge in [-0.15, -0.1) is 0 Å². The summed E-state index contributed by atoms with van der Waals surface area (Å²) in [5.41, 5.74) is 3.99. The molecule has 0 radical (unpaired) electrons. The molecular formula is C21H21ClN4. The van der Waals surface area contributed by atoms with Gasteiger partial charge in [-0.1, -0.05) is 48.0 Å².